The highest BCUT2D eigenvalue weighted by Gasteiger charge is 2.31. The zero-order chi connectivity index (χ0) is 19.7. The average molecular weight is 401 g/mol. The van der Waals surface area contributed by atoms with Crippen LogP contribution in [0.5, 0.6) is 0 Å². The van der Waals surface area contributed by atoms with Gasteiger partial charge in [0.05, 0.1) is 11.1 Å². The standard InChI is InChI=1S/C18H19N5O4S/c24-23(25)18-17(19-16-8-4-5-11-22(16)18)21-12-9-14(10-13-21)20-28(26,27)15-6-2-1-3-7-15/h1-8,11,14,20H,9-10,12-13H2. The Kier molecular flexibility index (Phi) is 4.73. The lowest BCUT2D eigenvalue weighted by Crippen LogP contribution is -2.44. The van der Waals surface area contributed by atoms with Crippen molar-refractivity contribution in [2.24, 2.45) is 0 Å². The van der Waals surface area contributed by atoms with Crippen LogP contribution in [0, 0.1) is 10.1 Å². The molecule has 9 nitrogen and oxygen atoms in total. The van der Waals surface area contributed by atoms with Crippen molar-refractivity contribution in [3.05, 3.63) is 64.8 Å². The normalized spacial score (nSPS) is 15.8. The van der Waals surface area contributed by atoms with Crippen LogP contribution in [0.4, 0.5) is 11.6 Å². The average Bonchev–Trinajstić information content (AvgIpc) is 3.09. The Bertz CT molecular complexity index is 1110. The molecule has 2 aromatic heterocycles. The maximum Gasteiger partial charge on any atom is 0.372 e. The maximum absolute atomic E-state index is 12.5. The molecule has 10 heteroatoms. The van der Waals surface area contributed by atoms with Gasteiger partial charge in [-0.1, -0.05) is 24.3 Å². The minimum Gasteiger partial charge on any atom is -0.358 e. The molecule has 4 rings (SSSR count). The number of nitrogens with zero attached hydrogens (tertiary/aromatic N) is 4. The van der Waals surface area contributed by atoms with Crippen LogP contribution in [0.1, 0.15) is 12.8 Å². The summed E-state index contributed by atoms with van der Waals surface area (Å²) in [7, 11) is -3.58. The Morgan fingerprint density at radius 1 is 1.07 bits per heavy atom. The monoisotopic (exact) mass is 401 g/mol. The fraction of sp³-hybridized carbons (Fsp3) is 0.278. The number of anilines is 1. The Balaban J connectivity index is 1.50. The summed E-state index contributed by atoms with van der Waals surface area (Å²) in [5.74, 6) is 0.250. The van der Waals surface area contributed by atoms with E-state index in [-0.39, 0.29) is 16.8 Å². The first-order chi connectivity index (χ1) is 13.5. The fourth-order valence-corrected chi connectivity index (χ4v) is 4.77. The molecule has 0 atom stereocenters. The molecule has 0 unspecified atom stereocenters. The van der Waals surface area contributed by atoms with Crippen LogP contribution in [-0.4, -0.2) is 41.9 Å². The smallest absolute Gasteiger partial charge is 0.358 e. The first-order valence-corrected chi connectivity index (χ1v) is 10.4. The quantitative estimate of drug-likeness (QED) is 0.518. The van der Waals surface area contributed by atoms with E-state index < -0.39 is 14.9 Å². The molecule has 0 radical (unpaired) electrons. The Morgan fingerprint density at radius 2 is 1.75 bits per heavy atom. The van der Waals surface area contributed by atoms with E-state index >= 15 is 0 Å². The summed E-state index contributed by atoms with van der Waals surface area (Å²) in [5, 5.41) is 11.6. The number of nitrogens with one attached hydrogen (secondary N) is 1. The molecule has 146 valence electrons. The number of benzene rings is 1. The molecule has 1 aromatic carbocycles. The summed E-state index contributed by atoms with van der Waals surface area (Å²) in [6, 6.07) is 13.2. The first kappa shape index (κ1) is 18.4. The van der Waals surface area contributed by atoms with Crippen molar-refractivity contribution in [1.29, 1.82) is 0 Å². The van der Waals surface area contributed by atoms with E-state index in [0.717, 1.165) is 0 Å². The molecular formula is C18H19N5O4S. The third kappa shape index (κ3) is 3.43. The van der Waals surface area contributed by atoms with Crippen molar-refractivity contribution in [1.82, 2.24) is 14.1 Å². The number of sulfonamides is 1. The molecule has 28 heavy (non-hydrogen) atoms. The summed E-state index contributed by atoms with van der Waals surface area (Å²) in [6.45, 7) is 0.958. The van der Waals surface area contributed by atoms with E-state index in [1.807, 2.05) is 4.90 Å². The summed E-state index contributed by atoms with van der Waals surface area (Å²) in [6.07, 6.45) is 2.69. The van der Waals surface area contributed by atoms with E-state index in [2.05, 4.69) is 9.71 Å². The summed E-state index contributed by atoms with van der Waals surface area (Å²) >= 11 is 0. The van der Waals surface area contributed by atoms with Crippen LogP contribution in [-0.2, 0) is 10.0 Å². The summed E-state index contributed by atoms with van der Waals surface area (Å²) in [4.78, 5) is 17.6. The highest BCUT2D eigenvalue weighted by Crippen LogP contribution is 2.31. The van der Waals surface area contributed by atoms with E-state index in [4.69, 9.17) is 0 Å². The van der Waals surface area contributed by atoms with Gasteiger partial charge in [0.25, 0.3) is 0 Å². The second-order valence-corrected chi connectivity index (χ2v) is 8.35. The molecular weight excluding hydrogens is 382 g/mol. The van der Waals surface area contributed by atoms with Gasteiger partial charge >= 0.3 is 5.82 Å². The molecule has 1 saturated heterocycles. The number of hydrogen-bond acceptors (Lipinski definition) is 6. The lowest BCUT2D eigenvalue weighted by atomic mass is 10.1. The summed E-state index contributed by atoms with van der Waals surface area (Å²) in [5.41, 5.74) is 0.510. The number of aromatic nitrogens is 2. The van der Waals surface area contributed by atoms with Crippen molar-refractivity contribution in [3.63, 3.8) is 0 Å². The molecule has 0 saturated carbocycles. The van der Waals surface area contributed by atoms with Crippen LogP contribution in [0.2, 0.25) is 0 Å². The second kappa shape index (κ2) is 7.21. The van der Waals surface area contributed by atoms with Gasteiger partial charge in [0, 0.05) is 25.2 Å². The van der Waals surface area contributed by atoms with Gasteiger partial charge in [-0.25, -0.2) is 13.1 Å². The fourth-order valence-electron chi connectivity index (χ4n) is 3.45. The van der Waals surface area contributed by atoms with Gasteiger partial charge in [0.1, 0.15) is 0 Å². The van der Waals surface area contributed by atoms with Gasteiger partial charge in [-0.3, -0.25) is 0 Å². The number of piperidine rings is 1. The van der Waals surface area contributed by atoms with Crippen LogP contribution in [0.15, 0.2) is 59.6 Å². The largest absolute Gasteiger partial charge is 0.372 e. The van der Waals surface area contributed by atoms with Crippen LogP contribution in [0.3, 0.4) is 0 Å². The highest BCUT2D eigenvalue weighted by molar-refractivity contribution is 7.89. The molecule has 1 aliphatic rings. The van der Waals surface area contributed by atoms with Gasteiger partial charge in [0.2, 0.25) is 21.5 Å². The Morgan fingerprint density at radius 3 is 2.43 bits per heavy atom. The molecule has 0 amide bonds. The van der Waals surface area contributed by atoms with E-state index in [1.54, 1.807) is 54.7 Å². The minimum absolute atomic E-state index is 0.0704. The van der Waals surface area contributed by atoms with Gasteiger partial charge in [-0.2, -0.15) is 9.38 Å². The molecule has 0 bridgehead atoms. The van der Waals surface area contributed by atoms with Crippen LogP contribution in [0.25, 0.3) is 5.65 Å². The lowest BCUT2D eigenvalue weighted by molar-refractivity contribution is -0.389. The van der Waals surface area contributed by atoms with Crippen molar-refractivity contribution >= 4 is 27.3 Å². The third-order valence-electron chi connectivity index (χ3n) is 4.83. The maximum atomic E-state index is 12.5. The van der Waals surface area contributed by atoms with Gasteiger partial charge in [-0.05, 0) is 36.0 Å². The topological polar surface area (TPSA) is 110 Å². The Hall–Kier alpha value is -2.98. The van der Waals surface area contributed by atoms with Crippen LogP contribution < -0.4 is 9.62 Å². The van der Waals surface area contributed by atoms with Gasteiger partial charge in [-0.15, -0.1) is 0 Å². The molecule has 3 aromatic rings. The van der Waals surface area contributed by atoms with Crippen molar-refractivity contribution < 1.29 is 13.3 Å². The predicted octanol–water partition coefficient (Wildman–Crippen LogP) is 2.19. The Labute approximate surface area is 161 Å². The highest BCUT2D eigenvalue weighted by atomic mass is 32.2. The zero-order valence-corrected chi connectivity index (χ0v) is 15.7. The molecule has 1 aliphatic heterocycles. The van der Waals surface area contributed by atoms with E-state index in [1.165, 1.54) is 4.40 Å². The van der Waals surface area contributed by atoms with Crippen molar-refractivity contribution in [3.8, 4) is 0 Å². The second-order valence-electron chi connectivity index (χ2n) is 6.64. The van der Waals surface area contributed by atoms with Crippen molar-refractivity contribution in [2.45, 2.75) is 23.8 Å². The number of pyridine rings is 1. The number of imidazole rings is 1. The molecule has 1 fully saturated rings. The van der Waals surface area contributed by atoms with Gasteiger partial charge < -0.3 is 15.0 Å². The minimum atomic E-state index is -3.58. The SMILES string of the molecule is O=[N+]([O-])c1c(N2CCC(NS(=O)(=O)c3ccccc3)CC2)nc2ccccn12. The van der Waals surface area contributed by atoms with Crippen LogP contribution >= 0.6 is 0 Å². The third-order valence-corrected chi connectivity index (χ3v) is 6.37. The lowest BCUT2D eigenvalue weighted by Gasteiger charge is -2.31. The number of rotatable bonds is 5. The predicted molar refractivity (Wildman–Crippen MR) is 104 cm³/mol. The molecule has 1 N–H and O–H groups in total. The first-order valence-electron chi connectivity index (χ1n) is 8.89. The number of fused-ring (bicyclic) bond motifs is 1. The van der Waals surface area contributed by atoms with E-state index in [0.29, 0.717) is 37.4 Å². The zero-order valence-electron chi connectivity index (χ0n) is 14.9. The number of nitro groups is 1. The molecule has 0 aliphatic carbocycles. The molecule has 0 spiro atoms. The molecule has 3 heterocycles. The van der Waals surface area contributed by atoms with E-state index in [9.17, 15) is 18.5 Å². The summed E-state index contributed by atoms with van der Waals surface area (Å²) < 4.78 is 29.2. The van der Waals surface area contributed by atoms with Gasteiger partial charge in [0.15, 0.2) is 0 Å². The number of hydrogen-bond donors (Lipinski definition) is 1. The van der Waals surface area contributed by atoms with Crippen molar-refractivity contribution in [2.75, 3.05) is 18.0 Å².